The fourth-order valence-electron chi connectivity index (χ4n) is 7.62. The van der Waals surface area contributed by atoms with Gasteiger partial charge in [0.1, 0.15) is 0 Å². The summed E-state index contributed by atoms with van der Waals surface area (Å²) in [6.07, 6.45) is 9.53. The van der Waals surface area contributed by atoms with Crippen LogP contribution in [-0.4, -0.2) is 23.3 Å². The van der Waals surface area contributed by atoms with Gasteiger partial charge in [0.25, 0.3) is 0 Å². The lowest BCUT2D eigenvalue weighted by Gasteiger charge is -2.58. The number of ether oxygens (including phenoxy) is 1. The monoisotopic (exact) mass is 328 g/mol. The van der Waals surface area contributed by atoms with E-state index in [0.29, 0.717) is 30.0 Å². The Labute approximate surface area is 144 Å². The zero-order chi connectivity index (χ0) is 16.9. The molecule has 0 spiro atoms. The molecule has 5 rings (SSSR count). The van der Waals surface area contributed by atoms with Crippen molar-refractivity contribution < 1.29 is 14.3 Å². The smallest absolute Gasteiger partial charge is 0.164 e. The van der Waals surface area contributed by atoms with Crippen molar-refractivity contribution >= 4 is 11.6 Å². The molecule has 4 aliphatic carbocycles. The van der Waals surface area contributed by atoms with Crippen molar-refractivity contribution in [2.75, 3.05) is 0 Å². The summed E-state index contributed by atoms with van der Waals surface area (Å²) in [5, 5.41) is 0. The SMILES string of the molecule is CC(=O)[C@@]12O[C@@H]1C[C@@H]1[C@H]3CCC4=CC(=O)CC[C@]4(C)[C@H]3CC[C@@]12C. The van der Waals surface area contributed by atoms with Crippen LogP contribution in [0, 0.1) is 28.6 Å². The predicted octanol–water partition coefficient (Wildman–Crippen LogP) is 3.85. The average molecular weight is 328 g/mol. The van der Waals surface area contributed by atoms with Gasteiger partial charge in [0, 0.05) is 11.8 Å². The molecule has 7 atom stereocenters. The molecule has 1 heterocycles. The second-order valence-electron chi connectivity index (χ2n) is 9.56. The number of fused-ring (bicyclic) bond motifs is 7. The number of epoxide rings is 1. The van der Waals surface area contributed by atoms with Crippen molar-refractivity contribution in [3.8, 4) is 0 Å². The maximum atomic E-state index is 12.4. The standard InChI is InChI=1S/C21H28O3/c1-12(22)21-18(24-21)11-17-15-5-4-13-10-14(23)6-8-19(13,2)16(15)7-9-20(17,21)3/h10,15-18H,4-9,11H2,1-3H3/t15-,16-,17+,18+,19-,20-,21+/m0/s1. The molecular weight excluding hydrogens is 300 g/mol. The van der Waals surface area contributed by atoms with Crippen molar-refractivity contribution in [1.29, 1.82) is 0 Å². The minimum absolute atomic E-state index is 0.0345. The molecule has 3 saturated carbocycles. The van der Waals surface area contributed by atoms with E-state index in [4.69, 9.17) is 4.74 Å². The Morgan fingerprint density at radius 1 is 1.17 bits per heavy atom. The van der Waals surface area contributed by atoms with Crippen molar-refractivity contribution in [1.82, 2.24) is 0 Å². The first-order chi connectivity index (χ1) is 11.3. The first-order valence-corrected chi connectivity index (χ1v) is 9.76. The van der Waals surface area contributed by atoms with Gasteiger partial charge in [0.15, 0.2) is 17.2 Å². The lowest BCUT2D eigenvalue weighted by molar-refractivity contribution is -0.136. The lowest BCUT2D eigenvalue weighted by Crippen LogP contribution is -2.54. The van der Waals surface area contributed by atoms with E-state index >= 15 is 0 Å². The molecule has 3 nitrogen and oxygen atoms in total. The van der Waals surface area contributed by atoms with E-state index in [-0.39, 0.29) is 22.7 Å². The number of rotatable bonds is 1. The number of ketones is 2. The molecule has 0 unspecified atom stereocenters. The van der Waals surface area contributed by atoms with Gasteiger partial charge >= 0.3 is 0 Å². The fourth-order valence-corrected chi connectivity index (χ4v) is 7.62. The Bertz CT molecular complexity index is 679. The van der Waals surface area contributed by atoms with Gasteiger partial charge in [-0.3, -0.25) is 9.59 Å². The van der Waals surface area contributed by atoms with Crippen LogP contribution in [0.1, 0.15) is 65.7 Å². The quantitative estimate of drug-likeness (QED) is 0.687. The normalized spacial score (nSPS) is 55.0. The van der Waals surface area contributed by atoms with Gasteiger partial charge in [0.05, 0.1) is 6.10 Å². The van der Waals surface area contributed by atoms with Gasteiger partial charge in [-0.25, -0.2) is 0 Å². The van der Waals surface area contributed by atoms with E-state index in [1.165, 1.54) is 18.4 Å². The highest BCUT2D eigenvalue weighted by molar-refractivity contribution is 5.92. The van der Waals surface area contributed by atoms with E-state index in [2.05, 4.69) is 13.8 Å². The molecule has 130 valence electrons. The van der Waals surface area contributed by atoms with E-state index in [9.17, 15) is 9.59 Å². The number of allylic oxidation sites excluding steroid dienone is 1. The summed E-state index contributed by atoms with van der Waals surface area (Å²) < 4.78 is 5.99. The van der Waals surface area contributed by atoms with Gasteiger partial charge in [-0.05, 0) is 74.7 Å². The number of carbonyl (C=O) groups is 2. The summed E-state index contributed by atoms with van der Waals surface area (Å²) in [4.78, 5) is 24.3. The number of Topliss-reactive ketones (excluding diaryl/α,β-unsaturated/α-hetero) is 1. The highest BCUT2D eigenvalue weighted by Crippen LogP contribution is 2.73. The molecule has 5 aliphatic rings. The minimum Gasteiger partial charge on any atom is -0.357 e. The van der Waals surface area contributed by atoms with Crippen LogP contribution in [0.25, 0.3) is 0 Å². The zero-order valence-electron chi connectivity index (χ0n) is 15.1. The van der Waals surface area contributed by atoms with Gasteiger partial charge in [0.2, 0.25) is 0 Å². The molecule has 0 bridgehead atoms. The third kappa shape index (κ3) is 1.54. The molecule has 0 aromatic carbocycles. The van der Waals surface area contributed by atoms with Crippen LogP contribution in [0.15, 0.2) is 11.6 Å². The van der Waals surface area contributed by atoms with E-state index in [0.717, 1.165) is 25.7 Å². The van der Waals surface area contributed by atoms with Crippen molar-refractivity contribution in [2.45, 2.75) is 77.4 Å². The van der Waals surface area contributed by atoms with Crippen molar-refractivity contribution in [2.24, 2.45) is 28.6 Å². The van der Waals surface area contributed by atoms with Gasteiger partial charge < -0.3 is 4.74 Å². The Balaban J connectivity index is 1.52. The van der Waals surface area contributed by atoms with Crippen LogP contribution < -0.4 is 0 Å². The van der Waals surface area contributed by atoms with Crippen molar-refractivity contribution in [3.63, 3.8) is 0 Å². The minimum atomic E-state index is -0.456. The summed E-state index contributed by atoms with van der Waals surface area (Å²) in [7, 11) is 0. The summed E-state index contributed by atoms with van der Waals surface area (Å²) in [5.41, 5.74) is 1.22. The predicted molar refractivity (Wildman–Crippen MR) is 90.4 cm³/mol. The highest BCUT2D eigenvalue weighted by Gasteiger charge is 2.79. The summed E-state index contributed by atoms with van der Waals surface area (Å²) in [6.45, 7) is 6.48. The second kappa shape index (κ2) is 4.41. The molecule has 3 heteroatoms. The Morgan fingerprint density at radius 2 is 1.96 bits per heavy atom. The molecule has 4 fully saturated rings. The summed E-state index contributed by atoms with van der Waals surface area (Å²) >= 11 is 0. The Morgan fingerprint density at radius 3 is 2.71 bits per heavy atom. The van der Waals surface area contributed by atoms with Crippen LogP contribution >= 0.6 is 0 Å². The maximum Gasteiger partial charge on any atom is 0.164 e. The topological polar surface area (TPSA) is 46.7 Å². The summed E-state index contributed by atoms with van der Waals surface area (Å²) in [6, 6.07) is 0. The van der Waals surface area contributed by atoms with Crippen LogP contribution in [0.2, 0.25) is 0 Å². The third-order valence-corrected chi connectivity index (χ3v) is 8.92. The van der Waals surface area contributed by atoms with Gasteiger partial charge in [-0.1, -0.05) is 19.4 Å². The van der Waals surface area contributed by atoms with Crippen molar-refractivity contribution in [3.05, 3.63) is 11.6 Å². The Kier molecular flexibility index (Phi) is 2.81. The second-order valence-corrected chi connectivity index (χ2v) is 9.56. The summed E-state index contributed by atoms with van der Waals surface area (Å²) in [5.74, 6) is 2.58. The third-order valence-electron chi connectivity index (χ3n) is 8.92. The zero-order valence-corrected chi connectivity index (χ0v) is 15.1. The molecule has 24 heavy (non-hydrogen) atoms. The van der Waals surface area contributed by atoms with Crippen LogP contribution in [0.5, 0.6) is 0 Å². The molecular formula is C21H28O3. The molecule has 0 radical (unpaired) electrons. The van der Waals surface area contributed by atoms with Crippen LogP contribution in [0.3, 0.4) is 0 Å². The van der Waals surface area contributed by atoms with Crippen LogP contribution in [-0.2, 0) is 14.3 Å². The van der Waals surface area contributed by atoms with Gasteiger partial charge in [-0.15, -0.1) is 0 Å². The van der Waals surface area contributed by atoms with Crippen LogP contribution in [0.4, 0.5) is 0 Å². The molecule has 0 aromatic heterocycles. The molecule has 1 saturated heterocycles. The number of carbonyl (C=O) groups excluding carboxylic acids is 2. The lowest BCUT2D eigenvalue weighted by atomic mass is 9.46. The Hall–Kier alpha value is -0.960. The molecule has 0 amide bonds. The number of hydrogen-bond acceptors (Lipinski definition) is 3. The molecule has 1 aliphatic heterocycles. The van der Waals surface area contributed by atoms with E-state index in [1.807, 2.05) is 6.08 Å². The fraction of sp³-hybridized carbons (Fsp3) is 0.810. The molecule has 0 N–H and O–H groups in total. The largest absolute Gasteiger partial charge is 0.357 e. The van der Waals surface area contributed by atoms with E-state index < -0.39 is 5.60 Å². The maximum absolute atomic E-state index is 12.4. The van der Waals surface area contributed by atoms with Gasteiger partial charge in [-0.2, -0.15) is 0 Å². The van der Waals surface area contributed by atoms with E-state index in [1.54, 1.807) is 6.92 Å². The highest BCUT2D eigenvalue weighted by atomic mass is 16.6. The molecule has 0 aromatic rings. The average Bonchev–Trinajstić information content (AvgIpc) is 3.21. The first-order valence-electron chi connectivity index (χ1n) is 9.76. The first kappa shape index (κ1) is 15.3. The number of hydrogen-bond donors (Lipinski definition) is 0.